The standard InChI is InChI=1S/C55H48N2/c1-36(24-33-52-37(2)43-18-12-15-23-53(43)57(52)39-16-8-7-9-17-39)38-25-27-40(28-26-38)56(41-29-31-46-44-19-10-13-21-48(44)54(3,4)50(46)34-41)42-30-32-47-45-20-11-14-22-49(45)55(5,6)51(47)35-42/h7-27,29-35,40H,1,28H2,2-6H3/b33-24-. The molecule has 0 N–H and O–H groups in total. The summed E-state index contributed by atoms with van der Waals surface area (Å²) < 4.78 is 2.36. The quantitative estimate of drug-likeness (QED) is 0.148. The lowest BCUT2D eigenvalue weighted by molar-refractivity contribution is 0.658. The van der Waals surface area contributed by atoms with Crippen LogP contribution in [0, 0.1) is 6.92 Å². The zero-order valence-electron chi connectivity index (χ0n) is 33.6. The smallest absolute Gasteiger partial charge is 0.0560 e. The summed E-state index contributed by atoms with van der Waals surface area (Å²) in [4.78, 5) is 2.57. The Balaban J connectivity index is 1.01. The van der Waals surface area contributed by atoms with E-state index >= 15 is 0 Å². The summed E-state index contributed by atoms with van der Waals surface area (Å²) in [6.07, 6.45) is 12.4. The van der Waals surface area contributed by atoms with E-state index in [1.165, 1.54) is 83.6 Å². The second-order valence-electron chi connectivity index (χ2n) is 17.0. The number of anilines is 2. The third kappa shape index (κ3) is 5.46. The van der Waals surface area contributed by atoms with E-state index in [2.05, 4.69) is 221 Å². The highest BCUT2D eigenvalue weighted by molar-refractivity contribution is 5.90. The molecule has 0 amide bonds. The van der Waals surface area contributed by atoms with Gasteiger partial charge in [-0.2, -0.15) is 0 Å². The molecule has 2 nitrogen and oxygen atoms in total. The molecule has 2 heteroatoms. The molecule has 0 fully saturated rings. The molecule has 3 aliphatic carbocycles. The summed E-state index contributed by atoms with van der Waals surface area (Å²) in [5.74, 6) is 0. The van der Waals surface area contributed by atoms with Crippen LogP contribution in [0.2, 0.25) is 0 Å². The molecule has 3 aliphatic rings. The highest BCUT2D eigenvalue weighted by Crippen LogP contribution is 2.52. The van der Waals surface area contributed by atoms with E-state index in [9.17, 15) is 0 Å². The Labute approximate surface area is 337 Å². The van der Waals surface area contributed by atoms with Gasteiger partial charge in [0, 0.05) is 39.0 Å². The number of aromatic nitrogens is 1. The first-order valence-electron chi connectivity index (χ1n) is 20.3. The molecule has 0 saturated carbocycles. The molecule has 1 aromatic heterocycles. The van der Waals surface area contributed by atoms with Gasteiger partial charge in [0.2, 0.25) is 0 Å². The Morgan fingerprint density at radius 1 is 0.649 bits per heavy atom. The van der Waals surface area contributed by atoms with Crippen LogP contribution in [0.3, 0.4) is 0 Å². The SMILES string of the molecule is C=C(/C=C\c1c(C)c2ccccc2n1-c1ccccc1)C1=CCC(N(c2ccc3c(c2)C(C)(C)c2ccccc2-3)c2ccc3c(c2)C(C)(C)c2ccccc2-3)C=C1. The molecule has 1 unspecified atom stereocenters. The molecule has 7 aromatic rings. The number of nitrogens with zero attached hydrogens (tertiary/aromatic N) is 2. The van der Waals surface area contributed by atoms with Gasteiger partial charge < -0.3 is 9.47 Å². The molecular weight excluding hydrogens is 689 g/mol. The lowest BCUT2D eigenvalue weighted by atomic mass is 9.82. The number of para-hydroxylation sites is 2. The zero-order chi connectivity index (χ0) is 39.1. The van der Waals surface area contributed by atoms with Gasteiger partial charge in [-0.15, -0.1) is 0 Å². The van der Waals surface area contributed by atoms with Crippen LogP contribution in [0.25, 0.3) is 44.9 Å². The molecule has 10 rings (SSSR count). The van der Waals surface area contributed by atoms with Crippen molar-refractivity contribution in [3.63, 3.8) is 0 Å². The van der Waals surface area contributed by atoms with Crippen molar-refractivity contribution in [2.24, 2.45) is 0 Å². The lowest BCUT2D eigenvalue weighted by Crippen LogP contribution is -2.31. The molecule has 6 aromatic carbocycles. The highest BCUT2D eigenvalue weighted by atomic mass is 15.2. The summed E-state index contributed by atoms with van der Waals surface area (Å²) >= 11 is 0. The van der Waals surface area contributed by atoms with Crippen LogP contribution in [0.4, 0.5) is 11.4 Å². The summed E-state index contributed by atoms with van der Waals surface area (Å²) in [6.45, 7) is 16.3. The van der Waals surface area contributed by atoms with Gasteiger partial charge in [0.15, 0.2) is 0 Å². The third-order valence-corrected chi connectivity index (χ3v) is 13.1. The molecule has 0 radical (unpaired) electrons. The summed E-state index contributed by atoms with van der Waals surface area (Å²) in [5.41, 5.74) is 20.2. The second kappa shape index (κ2) is 13.1. The maximum atomic E-state index is 4.59. The monoisotopic (exact) mass is 736 g/mol. The normalized spacial score (nSPS) is 16.9. The fourth-order valence-corrected chi connectivity index (χ4v) is 10.0. The van der Waals surface area contributed by atoms with Crippen LogP contribution < -0.4 is 4.90 Å². The van der Waals surface area contributed by atoms with Crippen LogP contribution in [0.1, 0.15) is 67.6 Å². The number of fused-ring (bicyclic) bond motifs is 7. The first kappa shape index (κ1) is 35.1. The number of aryl methyl sites for hydroxylation is 1. The van der Waals surface area contributed by atoms with Crippen LogP contribution in [0.15, 0.2) is 182 Å². The van der Waals surface area contributed by atoms with Crippen LogP contribution >= 0.6 is 0 Å². The number of benzene rings is 6. The van der Waals surface area contributed by atoms with Crippen molar-refractivity contribution in [2.45, 2.75) is 57.9 Å². The van der Waals surface area contributed by atoms with Gasteiger partial charge in [-0.25, -0.2) is 0 Å². The molecule has 278 valence electrons. The van der Waals surface area contributed by atoms with Crippen molar-refractivity contribution in [3.05, 3.63) is 215 Å². The molecular formula is C55H48N2. The van der Waals surface area contributed by atoms with Crippen molar-refractivity contribution >= 4 is 28.4 Å². The van der Waals surface area contributed by atoms with E-state index in [-0.39, 0.29) is 16.9 Å². The van der Waals surface area contributed by atoms with Gasteiger partial charge in [-0.3, -0.25) is 0 Å². The Hall–Kier alpha value is -6.38. The number of allylic oxidation sites excluding steroid dienone is 4. The van der Waals surface area contributed by atoms with Crippen molar-refractivity contribution in [1.29, 1.82) is 0 Å². The summed E-state index contributed by atoms with van der Waals surface area (Å²) in [7, 11) is 0. The van der Waals surface area contributed by atoms with Crippen LogP contribution in [-0.2, 0) is 10.8 Å². The first-order chi connectivity index (χ1) is 27.6. The Bertz CT molecular complexity index is 2750. The van der Waals surface area contributed by atoms with Gasteiger partial charge in [0.25, 0.3) is 0 Å². The number of rotatable bonds is 7. The zero-order valence-corrected chi connectivity index (χ0v) is 33.6. The molecule has 0 saturated heterocycles. The van der Waals surface area contributed by atoms with Crippen LogP contribution in [0.5, 0.6) is 0 Å². The van der Waals surface area contributed by atoms with Gasteiger partial charge in [-0.05, 0) is 123 Å². The van der Waals surface area contributed by atoms with Crippen LogP contribution in [-0.4, -0.2) is 10.6 Å². The van der Waals surface area contributed by atoms with Gasteiger partial charge >= 0.3 is 0 Å². The molecule has 1 atom stereocenters. The minimum atomic E-state index is -0.0840. The van der Waals surface area contributed by atoms with E-state index in [4.69, 9.17) is 0 Å². The van der Waals surface area contributed by atoms with Crippen molar-refractivity contribution < 1.29 is 0 Å². The molecule has 1 heterocycles. The third-order valence-electron chi connectivity index (χ3n) is 13.1. The lowest BCUT2D eigenvalue weighted by Gasteiger charge is -2.35. The predicted molar refractivity (Wildman–Crippen MR) is 242 cm³/mol. The maximum Gasteiger partial charge on any atom is 0.0560 e. The molecule has 0 bridgehead atoms. The largest absolute Gasteiger partial charge is 0.334 e. The van der Waals surface area contributed by atoms with E-state index in [1.807, 2.05) is 0 Å². The van der Waals surface area contributed by atoms with Gasteiger partial charge in [0.05, 0.1) is 11.6 Å². The Morgan fingerprint density at radius 3 is 1.79 bits per heavy atom. The van der Waals surface area contributed by atoms with E-state index in [1.54, 1.807) is 0 Å². The minimum Gasteiger partial charge on any atom is -0.334 e. The summed E-state index contributed by atoms with van der Waals surface area (Å²) in [6, 6.07) is 51.6. The predicted octanol–water partition coefficient (Wildman–Crippen LogP) is 14.2. The van der Waals surface area contributed by atoms with Gasteiger partial charge in [0.1, 0.15) is 0 Å². The van der Waals surface area contributed by atoms with E-state index < -0.39 is 0 Å². The van der Waals surface area contributed by atoms with Crippen molar-refractivity contribution in [1.82, 2.24) is 4.57 Å². The molecule has 0 spiro atoms. The number of hydrogen-bond acceptors (Lipinski definition) is 1. The Morgan fingerprint density at radius 2 is 1.19 bits per heavy atom. The highest BCUT2D eigenvalue weighted by Gasteiger charge is 2.38. The van der Waals surface area contributed by atoms with E-state index in [0.717, 1.165) is 17.7 Å². The topological polar surface area (TPSA) is 8.17 Å². The second-order valence-corrected chi connectivity index (χ2v) is 17.0. The van der Waals surface area contributed by atoms with Crippen molar-refractivity contribution in [3.8, 4) is 27.9 Å². The fraction of sp³-hybridized carbons (Fsp3) is 0.164. The summed E-state index contributed by atoms with van der Waals surface area (Å²) in [5, 5.41) is 1.27. The minimum absolute atomic E-state index is 0.0840. The molecule has 57 heavy (non-hydrogen) atoms. The first-order valence-corrected chi connectivity index (χ1v) is 20.3. The van der Waals surface area contributed by atoms with Crippen molar-refractivity contribution in [2.75, 3.05) is 4.90 Å². The average Bonchev–Trinajstić information content (AvgIpc) is 3.75. The Kier molecular flexibility index (Phi) is 8.06. The fourth-order valence-electron chi connectivity index (χ4n) is 10.0. The average molecular weight is 737 g/mol. The van der Waals surface area contributed by atoms with Gasteiger partial charge in [-0.1, -0.05) is 156 Å². The molecule has 0 aliphatic heterocycles. The maximum absolute atomic E-state index is 4.59. The van der Waals surface area contributed by atoms with E-state index in [0.29, 0.717) is 0 Å². The number of hydrogen-bond donors (Lipinski definition) is 0.